The van der Waals surface area contributed by atoms with Crippen LogP contribution in [-0.4, -0.2) is 47.7 Å². The second-order valence-electron chi connectivity index (χ2n) is 9.38. The fraction of sp³-hybridized carbons (Fsp3) is 0.433. The Hall–Kier alpha value is -2.85. The van der Waals surface area contributed by atoms with Crippen LogP contribution in [0.3, 0.4) is 0 Å². The lowest BCUT2D eigenvalue weighted by molar-refractivity contribution is 0.297. The lowest BCUT2D eigenvalue weighted by atomic mass is 10.1. The summed E-state index contributed by atoms with van der Waals surface area (Å²) in [4.78, 5) is 9.89. The standard InChI is InChI=1S/C30H40N4/c1-5-33(6-2)21-13-12-20-32(4)29-23-27-26-18-10-11-19-28(26)34(30(27)24(3)31-29)22-14-17-25-15-8-7-9-16-25/h7-11,15-16,18-19,23H,5-6,12-14,17,20-22H2,1-4H3. The van der Waals surface area contributed by atoms with Gasteiger partial charge in [0.25, 0.3) is 0 Å². The van der Waals surface area contributed by atoms with Crippen molar-refractivity contribution in [1.29, 1.82) is 0 Å². The average Bonchev–Trinajstić information content (AvgIpc) is 3.19. The van der Waals surface area contributed by atoms with E-state index in [-0.39, 0.29) is 0 Å². The quantitative estimate of drug-likeness (QED) is 0.222. The minimum atomic E-state index is 1.00. The van der Waals surface area contributed by atoms with Gasteiger partial charge in [0.15, 0.2) is 0 Å². The third-order valence-electron chi connectivity index (χ3n) is 7.10. The van der Waals surface area contributed by atoms with Crippen molar-refractivity contribution in [1.82, 2.24) is 14.5 Å². The minimum Gasteiger partial charge on any atom is -0.360 e. The van der Waals surface area contributed by atoms with Gasteiger partial charge in [0.05, 0.1) is 11.2 Å². The highest BCUT2D eigenvalue weighted by Gasteiger charge is 2.16. The molecule has 34 heavy (non-hydrogen) atoms. The topological polar surface area (TPSA) is 24.3 Å². The molecule has 180 valence electrons. The van der Waals surface area contributed by atoms with Crippen LogP contribution in [0.4, 0.5) is 5.82 Å². The number of para-hydroxylation sites is 1. The molecule has 0 amide bonds. The normalized spacial score (nSPS) is 11.7. The number of fused-ring (bicyclic) bond motifs is 3. The average molecular weight is 457 g/mol. The van der Waals surface area contributed by atoms with Crippen molar-refractivity contribution in [3.63, 3.8) is 0 Å². The van der Waals surface area contributed by atoms with Crippen LogP contribution >= 0.6 is 0 Å². The van der Waals surface area contributed by atoms with Gasteiger partial charge in [-0.25, -0.2) is 4.98 Å². The predicted molar refractivity (Wildman–Crippen MR) is 147 cm³/mol. The van der Waals surface area contributed by atoms with E-state index in [0.717, 1.165) is 50.5 Å². The van der Waals surface area contributed by atoms with Gasteiger partial charge in [-0.05, 0) is 69.9 Å². The van der Waals surface area contributed by atoms with E-state index in [9.17, 15) is 0 Å². The summed E-state index contributed by atoms with van der Waals surface area (Å²) in [5.74, 6) is 1.08. The molecule has 2 heterocycles. The Bertz CT molecular complexity index is 1190. The molecule has 0 saturated carbocycles. The van der Waals surface area contributed by atoms with Crippen molar-refractivity contribution in [2.45, 2.75) is 53.0 Å². The smallest absolute Gasteiger partial charge is 0.129 e. The van der Waals surface area contributed by atoms with Crippen molar-refractivity contribution in [3.05, 3.63) is 71.9 Å². The van der Waals surface area contributed by atoms with Gasteiger partial charge >= 0.3 is 0 Å². The molecule has 0 radical (unpaired) electrons. The SMILES string of the molecule is CCN(CC)CCCCN(C)c1cc2c3ccccc3n(CCCc3ccccc3)c2c(C)n1. The van der Waals surface area contributed by atoms with E-state index >= 15 is 0 Å². The highest BCUT2D eigenvalue weighted by molar-refractivity contribution is 6.09. The first-order valence-electron chi connectivity index (χ1n) is 13.0. The molecule has 2 aromatic carbocycles. The third kappa shape index (κ3) is 5.44. The second kappa shape index (κ2) is 11.5. The number of unbranched alkanes of at least 4 members (excludes halogenated alkanes) is 1. The molecule has 0 atom stereocenters. The van der Waals surface area contributed by atoms with Gasteiger partial charge in [0.1, 0.15) is 5.82 Å². The molecule has 0 spiro atoms. The Balaban J connectivity index is 1.54. The Morgan fingerprint density at radius 3 is 2.29 bits per heavy atom. The van der Waals surface area contributed by atoms with Gasteiger partial charge in [-0.15, -0.1) is 0 Å². The first-order chi connectivity index (χ1) is 16.6. The molecular weight excluding hydrogens is 416 g/mol. The van der Waals surface area contributed by atoms with Crippen LogP contribution in [0, 0.1) is 6.92 Å². The van der Waals surface area contributed by atoms with E-state index in [1.54, 1.807) is 0 Å². The van der Waals surface area contributed by atoms with Crippen LogP contribution in [0.25, 0.3) is 21.8 Å². The minimum absolute atomic E-state index is 1.00. The van der Waals surface area contributed by atoms with Crippen molar-refractivity contribution in [2.24, 2.45) is 0 Å². The van der Waals surface area contributed by atoms with Gasteiger partial charge in [-0.1, -0.05) is 62.4 Å². The van der Waals surface area contributed by atoms with E-state index in [0.29, 0.717) is 0 Å². The molecule has 0 fully saturated rings. The largest absolute Gasteiger partial charge is 0.360 e. The summed E-state index contributed by atoms with van der Waals surface area (Å²) in [6.45, 7) is 12.2. The van der Waals surface area contributed by atoms with Crippen LogP contribution in [0.2, 0.25) is 0 Å². The number of benzene rings is 2. The van der Waals surface area contributed by atoms with E-state index in [1.807, 2.05) is 0 Å². The molecule has 0 bridgehead atoms. The number of hydrogen-bond donors (Lipinski definition) is 0. The van der Waals surface area contributed by atoms with Crippen LogP contribution in [-0.2, 0) is 13.0 Å². The zero-order valence-electron chi connectivity index (χ0n) is 21.4. The van der Waals surface area contributed by atoms with Crippen LogP contribution in [0.15, 0.2) is 60.7 Å². The maximum absolute atomic E-state index is 5.06. The Morgan fingerprint density at radius 1 is 0.824 bits per heavy atom. The van der Waals surface area contributed by atoms with Crippen LogP contribution in [0.1, 0.15) is 44.4 Å². The molecule has 0 saturated heterocycles. The van der Waals surface area contributed by atoms with Gasteiger partial charge in [0, 0.05) is 36.4 Å². The van der Waals surface area contributed by atoms with E-state index in [2.05, 4.69) is 103 Å². The van der Waals surface area contributed by atoms with Crippen LogP contribution in [0.5, 0.6) is 0 Å². The van der Waals surface area contributed by atoms with E-state index in [4.69, 9.17) is 4.98 Å². The zero-order chi connectivity index (χ0) is 23.9. The number of hydrogen-bond acceptors (Lipinski definition) is 3. The lowest BCUT2D eigenvalue weighted by Crippen LogP contribution is -2.25. The first-order valence-corrected chi connectivity index (χ1v) is 13.0. The highest BCUT2D eigenvalue weighted by Crippen LogP contribution is 2.33. The molecule has 0 aliphatic carbocycles. The third-order valence-corrected chi connectivity index (χ3v) is 7.10. The number of pyridine rings is 1. The first kappa shape index (κ1) is 24.3. The predicted octanol–water partition coefficient (Wildman–Crippen LogP) is 6.69. The van der Waals surface area contributed by atoms with Gasteiger partial charge in [-0.3, -0.25) is 0 Å². The monoisotopic (exact) mass is 456 g/mol. The van der Waals surface area contributed by atoms with Crippen molar-refractivity contribution in [3.8, 4) is 0 Å². The van der Waals surface area contributed by atoms with Gasteiger partial charge in [-0.2, -0.15) is 0 Å². The van der Waals surface area contributed by atoms with E-state index < -0.39 is 0 Å². The van der Waals surface area contributed by atoms with Crippen molar-refractivity contribution < 1.29 is 0 Å². The summed E-state index contributed by atoms with van der Waals surface area (Å²) in [6.07, 6.45) is 4.63. The number of rotatable bonds is 12. The second-order valence-corrected chi connectivity index (χ2v) is 9.38. The number of aryl methyl sites for hydroxylation is 3. The van der Waals surface area contributed by atoms with Crippen molar-refractivity contribution in [2.75, 3.05) is 38.1 Å². The van der Waals surface area contributed by atoms with Gasteiger partial charge in [0.2, 0.25) is 0 Å². The maximum atomic E-state index is 5.06. The molecule has 2 aromatic heterocycles. The maximum Gasteiger partial charge on any atom is 0.129 e. The molecule has 4 aromatic rings. The number of nitrogens with zero attached hydrogens (tertiary/aromatic N) is 4. The fourth-order valence-electron chi connectivity index (χ4n) is 5.11. The summed E-state index contributed by atoms with van der Waals surface area (Å²) in [6, 6.07) is 21.9. The van der Waals surface area contributed by atoms with E-state index in [1.165, 1.54) is 46.8 Å². The van der Waals surface area contributed by atoms with Crippen molar-refractivity contribution >= 4 is 27.6 Å². The molecule has 0 aliphatic heterocycles. The summed E-state index contributed by atoms with van der Waals surface area (Å²) in [5.41, 5.74) is 5.13. The van der Waals surface area contributed by atoms with Crippen LogP contribution < -0.4 is 4.90 Å². The fourth-order valence-corrected chi connectivity index (χ4v) is 5.11. The highest BCUT2D eigenvalue weighted by atomic mass is 15.2. The molecule has 4 rings (SSSR count). The Labute approximate surface area is 205 Å². The summed E-state index contributed by atoms with van der Waals surface area (Å²) >= 11 is 0. The molecule has 0 aliphatic rings. The lowest BCUT2D eigenvalue weighted by Gasteiger charge is -2.21. The van der Waals surface area contributed by atoms with Gasteiger partial charge < -0.3 is 14.4 Å². The summed E-state index contributed by atoms with van der Waals surface area (Å²) in [7, 11) is 2.18. The molecule has 0 N–H and O–H groups in total. The molecule has 0 unspecified atom stereocenters. The number of aromatic nitrogens is 2. The summed E-state index contributed by atoms with van der Waals surface area (Å²) in [5, 5.41) is 2.66. The Morgan fingerprint density at radius 2 is 1.53 bits per heavy atom. The molecular formula is C30H40N4. The molecule has 4 nitrogen and oxygen atoms in total. The summed E-state index contributed by atoms with van der Waals surface area (Å²) < 4.78 is 2.49. The zero-order valence-corrected chi connectivity index (χ0v) is 21.4. The molecule has 4 heteroatoms. The Kier molecular flexibility index (Phi) is 8.23. The number of anilines is 1.